The van der Waals surface area contributed by atoms with E-state index in [0.29, 0.717) is 30.1 Å². The number of carbonyl (C=O) groups is 1. The molecule has 0 aliphatic heterocycles. The van der Waals surface area contributed by atoms with Crippen LogP contribution in [0.4, 0.5) is 0 Å². The molecule has 0 spiro atoms. The Hall–Kier alpha value is -0.830. The number of rotatable bonds is 10. The molecule has 1 N–H and O–H groups in total. The molecule has 9 atom stereocenters. The predicted molar refractivity (Wildman–Crippen MR) is 148 cm³/mol. The van der Waals surface area contributed by atoms with E-state index in [4.69, 9.17) is 4.74 Å². The van der Waals surface area contributed by atoms with Crippen LogP contribution in [0.15, 0.2) is 11.6 Å². The molecular formula is C33H56O3. The molecule has 0 aromatic heterocycles. The van der Waals surface area contributed by atoms with Crippen molar-refractivity contribution in [2.24, 2.45) is 46.3 Å². The van der Waals surface area contributed by atoms with Crippen molar-refractivity contribution in [1.82, 2.24) is 0 Å². The van der Waals surface area contributed by atoms with Crippen LogP contribution in [0.3, 0.4) is 0 Å². The molecule has 3 fully saturated rings. The number of allylic oxidation sites excluding steroid dienone is 1. The van der Waals surface area contributed by atoms with Crippen LogP contribution >= 0.6 is 0 Å². The molecule has 0 radical (unpaired) electrons. The third-order valence-electron chi connectivity index (χ3n) is 11.6. The normalized spacial score (nSPS) is 40.7. The van der Waals surface area contributed by atoms with E-state index in [1.807, 2.05) is 0 Å². The van der Waals surface area contributed by atoms with Crippen LogP contribution in [0.2, 0.25) is 0 Å². The number of hydrogen-bond acceptors (Lipinski definition) is 3. The summed E-state index contributed by atoms with van der Waals surface area (Å²) in [4.78, 5) is 12.8. The molecule has 0 aromatic carbocycles. The number of aliphatic hydroxyl groups excluding tert-OH is 1. The molecule has 0 bridgehead atoms. The van der Waals surface area contributed by atoms with Gasteiger partial charge >= 0.3 is 5.97 Å². The molecule has 0 saturated heterocycles. The average molecular weight is 501 g/mol. The van der Waals surface area contributed by atoms with Crippen molar-refractivity contribution in [2.45, 2.75) is 144 Å². The number of esters is 1. The fraction of sp³-hybridized carbons (Fsp3) is 0.909. The van der Waals surface area contributed by atoms with Gasteiger partial charge in [0.15, 0.2) is 0 Å². The average Bonchev–Trinajstić information content (AvgIpc) is 3.17. The zero-order valence-corrected chi connectivity index (χ0v) is 24.4. The van der Waals surface area contributed by atoms with E-state index in [1.54, 1.807) is 0 Å². The number of aliphatic hydroxyl groups is 1. The van der Waals surface area contributed by atoms with Crippen molar-refractivity contribution in [3.05, 3.63) is 11.6 Å². The van der Waals surface area contributed by atoms with Gasteiger partial charge in [0.05, 0.1) is 6.10 Å². The van der Waals surface area contributed by atoms with Crippen LogP contribution in [0.5, 0.6) is 0 Å². The lowest BCUT2D eigenvalue weighted by Crippen LogP contribution is -2.56. The Morgan fingerprint density at radius 2 is 1.86 bits per heavy atom. The summed E-state index contributed by atoms with van der Waals surface area (Å²) in [5, 5.41) is 10.7. The van der Waals surface area contributed by atoms with Crippen molar-refractivity contribution < 1.29 is 14.6 Å². The van der Waals surface area contributed by atoms with Gasteiger partial charge in [-0.2, -0.15) is 0 Å². The molecule has 1 unspecified atom stereocenters. The molecule has 4 aliphatic rings. The van der Waals surface area contributed by atoms with Crippen LogP contribution in [0, 0.1) is 46.3 Å². The highest BCUT2D eigenvalue weighted by molar-refractivity contribution is 5.69. The van der Waals surface area contributed by atoms with Crippen LogP contribution in [0.1, 0.15) is 131 Å². The molecular weight excluding hydrogens is 444 g/mol. The van der Waals surface area contributed by atoms with E-state index in [9.17, 15) is 9.90 Å². The van der Waals surface area contributed by atoms with Crippen molar-refractivity contribution >= 4 is 5.97 Å². The Kier molecular flexibility index (Phi) is 9.01. The first-order valence-corrected chi connectivity index (χ1v) is 15.7. The van der Waals surface area contributed by atoms with Crippen molar-refractivity contribution in [1.29, 1.82) is 0 Å². The van der Waals surface area contributed by atoms with E-state index in [-0.39, 0.29) is 23.6 Å². The van der Waals surface area contributed by atoms with Gasteiger partial charge in [-0.25, -0.2) is 0 Å². The van der Waals surface area contributed by atoms with Gasteiger partial charge in [-0.05, 0) is 85.9 Å². The van der Waals surface area contributed by atoms with Crippen molar-refractivity contribution in [3.8, 4) is 0 Å². The highest BCUT2D eigenvalue weighted by Crippen LogP contribution is 2.67. The first kappa shape index (κ1) is 28.2. The zero-order chi connectivity index (χ0) is 26.1. The molecule has 206 valence electrons. The van der Waals surface area contributed by atoms with Gasteiger partial charge in [-0.3, -0.25) is 4.79 Å². The van der Waals surface area contributed by atoms with E-state index in [0.717, 1.165) is 55.8 Å². The molecule has 4 aliphatic carbocycles. The summed E-state index contributed by atoms with van der Waals surface area (Å²) in [6.07, 6.45) is 17.5. The molecule has 36 heavy (non-hydrogen) atoms. The third-order valence-corrected chi connectivity index (χ3v) is 11.6. The second-order valence-corrected chi connectivity index (χ2v) is 14.2. The highest BCUT2D eigenvalue weighted by atomic mass is 16.5. The van der Waals surface area contributed by atoms with Gasteiger partial charge < -0.3 is 9.84 Å². The van der Waals surface area contributed by atoms with Gasteiger partial charge in [-0.1, -0.05) is 85.3 Å². The first-order valence-electron chi connectivity index (χ1n) is 15.7. The molecule has 4 rings (SSSR count). The highest BCUT2D eigenvalue weighted by Gasteiger charge is 2.61. The largest absolute Gasteiger partial charge is 0.461 e. The van der Waals surface area contributed by atoms with Crippen LogP contribution < -0.4 is 0 Å². The summed E-state index contributed by atoms with van der Waals surface area (Å²) in [5.74, 6) is 4.49. The molecule has 3 saturated carbocycles. The van der Waals surface area contributed by atoms with Gasteiger partial charge in [0.2, 0.25) is 0 Å². The zero-order valence-electron chi connectivity index (χ0n) is 24.4. The van der Waals surface area contributed by atoms with Crippen molar-refractivity contribution in [3.63, 3.8) is 0 Å². The minimum atomic E-state index is -0.384. The number of fused-ring (bicyclic) bond motifs is 5. The van der Waals surface area contributed by atoms with Crippen molar-refractivity contribution in [2.75, 3.05) is 0 Å². The maximum atomic E-state index is 12.8. The number of unbranched alkanes of at least 4 members (excludes halogenated alkanes) is 2. The lowest BCUT2D eigenvalue weighted by atomic mass is 9.46. The van der Waals surface area contributed by atoms with Gasteiger partial charge in [0.1, 0.15) is 6.10 Å². The van der Waals surface area contributed by atoms with E-state index in [2.05, 4.69) is 47.6 Å². The lowest BCUT2D eigenvalue weighted by molar-refractivity contribution is -0.169. The Bertz CT molecular complexity index is 786. The number of carbonyl (C=O) groups excluding carboxylic acids is 1. The fourth-order valence-electron chi connectivity index (χ4n) is 9.61. The summed E-state index contributed by atoms with van der Waals surface area (Å²) in [6.45, 7) is 14.5. The summed E-state index contributed by atoms with van der Waals surface area (Å²) in [6, 6.07) is 0. The molecule has 0 aromatic rings. The van der Waals surface area contributed by atoms with Crippen LogP contribution in [0.25, 0.3) is 0 Å². The summed E-state index contributed by atoms with van der Waals surface area (Å²) >= 11 is 0. The molecule has 3 heteroatoms. The van der Waals surface area contributed by atoms with Gasteiger partial charge in [0.25, 0.3) is 0 Å². The Balaban J connectivity index is 1.51. The first-order chi connectivity index (χ1) is 17.1. The van der Waals surface area contributed by atoms with E-state index < -0.39 is 0 Å². The maximum absolute atomic E-state index is 12.8. The predicted octanol–water partition coefficient (Wildman–Crippen LogP) is 8.49. The monoisotopic (exact) mass is 500 g/mol. The topological polar surface area (TPSA) is 46.5 Å². The second-order valence-electron chi connectivity index (χ2n) is 14.2. The van der Waals surface area contributed by atoms with Crippen LogP contribution in [-0.4, -0.2) is 23.3 Å². The standard InChI is InChI=1S/C33H56O3/c1-7-8-9-13-31(35)36-30-21-25(34)20-24-14-15-26-28-17-16-27(23(4)12-10-11-22(2)3)32(28,5)19-18-29(26)33(24,30)6/h14,22-23,25-30,34H,7-13,15-21H2,1-6H3/t23-,25+,26+,27-,28+,29+,30?,32-,33+/m1/s1. The smallest absolute Gasteiger partial charge is 0.306 e. The SMILES string of the molecule is CCCCCC(=O)OC1C[C@@H](O)CC2=CC[C@H]3[C@@H]4CC[C@H]([C@H](C)CCCC(C)C)[C@@]4(C)CC[C@@H]3[C@]21C. The fourth-order valence-corrected chi connectivity index (χ4v) is 9.61. The summed E-state index contributed by atoms with van der Waals surface area (Å²) in [7, 11) is 0. The molecule has 3 nitrogen and oxygen atoms in total. The molecule has 0 amide bonds. The van der Waals surface area contributed by atoms with Gasteiger partial charge in [-0.15, -0.1) is 0 Å². The Morgan fingerprint density at radius 3 is 2.58 bits per heavy atom. The quantitative estimate of drug-likeness (QED) is 0.186. The summed E-state index contributed by atoms with van der Waals surface area (Å²) < 4.78 is 6.25. The van der Waals surface area contributed by atoms with E-state index >= 15 is 0 Å². The minimum absolute atomic E-state index is 0.0537. The maximum Gasteiger partial charge on any atom is 0.306 e. The molecule has 0 heterocycles. The Labute approximate surface area is 222 Å². The minimum Gasteiger partial charge on any atom is -0.461 e. The number of ether oxygens (including phenoxy) is 1. The van der Waals surface area contributed by atoms with E-state index in [1.165, 1.54) is 50.5 Å². The van der Waals surface area contributed by atoms with Crippen LogP contribution in [-0.2, 0) is 9.53 Å². The second kappa shape index (κ2) is 11.5. The Morgan fingerprint density at radius 1 is 1.08 bits per heavy atom. The third kappa shape index (κ3) is 5.34. The van der Waals surface area contributed by atoms with Gasteiger partial charge in [0, 0.05) is 18.3 Å². The number of hydrogen-bond donors (Lipinski definition) is 1. The summed E-state index contributed by atoms with van der Waals surface area (Å²) in [5.41, 5.74) is 1.74. The lowest BCUT2D eigenvalue weighted by Gasteiger charge is -2.60.